The summed E-state index contributed by atoms with van der Waals surface area (Å²) in [6, 6.07) is 7.50. The van der Waals surface area contributed by atoms with E-state index in [0.29, 0.717) is 4.88 Å². The summed E-state index contributed by atoms with van der Waals surface area (Å²) in [6.45, 7) is 3.55. The van der Waals surface area contributed by atoms with Gasteiger partial charge in [-0.1, -0.05) is 25.0 Å². The first-order valence-electron chi connectivity index (χ1n) is 9.83. The molecule has 0 aliphatic heterocycles. The van der Waals surface area contributed by atoms with E-state index in [1.165, 1.54) is 65.0 Å². The molecule has 7 nitrogen and oxygen atoms in total. The van der Waals surface area contributed by atoms with E-state index >= 15 is 0 Å². The Labute approximate surface area is 180 Å². The molecule has 0 saturated heterocycles. The van der Waals surface area contributed by atoms with E-state index in [4.69, 9.17) is 0 Å². The predicted octanol–water partition coefficient (Wildman–Crippen LogP) is 2.95. The Morgan fingerprint density at radius 2 is 1.77 bits per heavy atom. The van der Waals surface area contributed by atoms with Gasteiger partial charge in [0.15, 0.2) is 0 Å². The topological polar surface area (TPSA) is 104 Å². The predicted molar refractivity (Wildman–Crippen MR) is 117 cm³/mol. The largest absolute Gasteiger partial charge is 0.279 e. The molecule has 2 aromatic rings. The van der Waals surface area contributed by atoms with E-state index in [9.17, 15) is 18.0 Å². The average Bonchev–Trinajstić information content (AvgIpc) is 3.12. The Bertz CT molecular complexity index is 1020. The number of sulfonamides is 1. The molecule has 1 aromatic heterocycles. The van der Waals surface area contributed by atoms with E-state index in [1.807, 2.05) is 6.07 Å². The third kappa shape index (κ3) is 5.56. The van der Waals surface area contributed by atoms with Gasteiger partial charge < -0.3 is 0 Å². The molecule has 0 atom stereocenters. The van der Waals surface area contributed by atoms with Crippen LogP contribution in [0, 0.1) is 0 Å². The van der Waals surface area contributed by atoms with E-state index in [0.717, 1.165) is 25.7 Å². The van der Waals surface area contributed by atoms with Crippen molar-refractivity contribution in [2.45, 2.75) is 43.4 Å². The summed E-state index contributed by atoms with van der Waals surface area (Å²) in [5, 5.41) is 0. The van der Waals surface area contributed by atoms with E-state index < -0.39 is 15.9 Å². The summed E-state index contributed by atoms with van der Waals surface area (Å²) in [6.07, 6.45) is 8.08. The minimum absolute atomic E-state index is 0.0404. The zero-order valence-electron chi connectivity index (χ0n) is 16.6. The van der Waals surface area contributed by atoms with Crippen LogP contribution in [0.3, 0.4) is 0 Å². The molecule has 0 fully saturated rings. The van der Waals surface area contributed by atoms with Crippen LogP contribution in [0.4, 0.5) is 0 Å². The SMILES string of the molecule is C=CCNS(=O)(=O)c1cccc(C(=O)NNC(=O)c2cc3c(s2)CCCCCC3)c1. The third-order valence-electron chi connectivity index (χ3n) is 4.83. The molecular formula is C21H25N3O4S2. The van der Waals surface area contributed by atoms with Gasteiger partial charge in [0.25, 0.3) is 11.8 Å². The second-order valence-corrected chi connectivity index (χ2v) is 9.95. The number of hydrogen-bond donors (Lipinski definition) is 3. The van der Waals surface area contributed by atoms with Crippen LogP contribution in [-0.2, 0) is 22.9 Å². The van der Waals surface area contributed by atoms with Crippen molar-refractivity contribution >= 4 is 33.2 Å². The minimum Gasteiger partial charge on any atom is -0.267 e. The number of hydrogen-bond acceptors (Lipinski definition) is 5. The average molecular weight is 448 g/mol. The second kappa shape index (κ2) is 10.0. The van der Waals surface area contributed by atoms with Gasteiger partial charge in [0, 0.05) is 17.0 Å². The Balaban J connectivity index is 1.64. The molecule has 0 unspecified atom stereocenters. The first-order valence-corrected chi connectivity index (χ1v) is 12.1. The van der Waals surface area contributed by atoms with Crippen LogP contribution in [-0.4, -0.2) is 26.8 Å². The summed E-state index contributed by atoms with van der Waals surface area (Å²) >= 11 is 1.47. The smallest absolute Gasteiger partial charge is 0.267 e. The first-order chi connectivity index (χ1) is 14.4. The van der Waals surface area contributed by atoms with Crippen molar-refractivity contribution in [2.24, 2.45) is 0 Å². The van der Waals surface area contributed by atoms with Crippen LogP contribution >= 0.6 is 11.3 Å². The lowest BCUT2D eigenvalue weighted by Gasteiger charge is -2.08. The zero-order chi connectivity index (χ0) is 21.6. The zero-order valence-corrected chi connectivity index (χ0v) is 18.2. The van der Waals surface area contributed by atoms with Gasteiger partial charge in [0.1, 0.15) is 0 Å². The van der Waals surface area contributed by atoms with Gasteiger partial charge in [-0.2, -0.15) is 0 Å². The summed E-state index contributed by atoms with van der Waals surface area (Å²) in [4.78, 5) is 26.7. The number of carbonyl (C=O) groups is 2. The molecule has 2 amide bonds. The normalized spacial score (nSPS) is 14.1. The Morgan fingerprint density at radius 1 is 1.03 bits per heavy atom. The number of benzene rings is 1. The van der Waals surface area contributed by atoms with Gasteiger partial charge in [0.2, 0.25) is 10.0 Å². The van der Waals surface area contributed by atoms with E-state index in [1.54, 1.807) is 0 Å². The minimum atomic E-state index is -3.75. The van der Waals surface area contributed by atoms with Crippen molar-refractivity contribution in [3.05, 3.63) is 63.9 Å². The van der Waals surface area contributed by atoms with Gasteiger partial charge in [-0.15, -0.1) is 17.9 Å². The van der Waals surface area contributed by atoms with Crippen molar-refractivity contribution in [1.82, 2.24) is 15.6 Å². The number of aryl methyl sites for hydroxylation is 2. The molecular weight excluding hydrogens is 422 g/mol. The second-order valence-electron chi connectivity index (χ2n) is 7.05. The van der Waals surface area contributed by atoms with Crippen molar-refractivity contribution in [1.29, 1.82) is 0 Å². The number of fused-ring (bicyclic) bond motifs is 1. The number of rotatable bonds is 6. The summed E-state index contributed by atoms with van der Waals surface area (Å²) in [7, 11) is -3.75. The molecule has 1 aromatic carbocycles. The Kier molecular flexibility index (Phi) is 7.41. The number of hydrazine groups is 1. The highest BCUT2D eigenvalue weighted by Gasteiger charge is 2.18. The molecule has 3 rings (SSSR count). The number of nitrogens with one attached hydrogen (secondary N) is 3. The molecule has 0 bridgehead atoms. The summed E-state index contributed by atoms with van der Waals surface area (Å²) in [5.41, 5.74) is 6.13. The Hall–Kier alpha value is -2.49. The van der Waals surface area contributed by atoms with Crippen LogP contribution in [0.15, 0.2) is 47.9 Å². The maximum absolute atomic E-state index is 12.5. The quantitative estimate of drug-likeness (QED) is 0.468. The van der Waals surface area contributed by atoms with Gasteiger partial charge >= 0.3 is 0 Å². The fraction of sp³-hybridized carbons (Fsp3) is 0.333. The molecule has 1 aliphatic rings. The monoisotopic (exact) mass is 447 g/mol. The fourth-order valence-corrected chi connectivity index (χ4v) is 5.45. The maximum Gasteiger partial charge on any atom is 0.279 e. The molecule has 9 heteroatoms. The summed E-state index contributed by atoms with van der Waals surface area (Å²) in [5.74, 6) is -0.976. The van der Waals surface area contributed by atoms with Gasteiger partial charge in [-0.05, 0) is 55.5 Å². The molecule has 0 radical (unpaired) electrons. The highest BCUT2D eigenvalue weighted by atomic mass is 32.2. The number of carbonyl (C=O) groups excluding carboxylic acids is 2. The molecule has 0 spiro atoms. The van der Waals surface area contributed by atoms with Crippen molar-refractivity contribution in [3.8, 4) is 0 Å². The van der Waals surface area contributed by atoms with Crippen LogP contribution in [0.2, 0.25) is 0 Å². The number of amides is 2. The van der Waals surface area contributed by atoms with E-state index in [-0.39, 0.29) is 22.9 Å². The van der Waals surface area contributed by atoms with E-state index in [2.05, 4.69) is 22.2 Å². The maximum atomic E-state index is 12.5. The number of thiophene rings is 1. The van der Waals surface area contributed by atoms with Crippen molar-refractivity contribution in [3.63, 3.8) is 0 Å². The molecule has 1 aliphatic carbocycles. The highest BCUT2D eigenvalue weighted by molar-refractivity contribution is 7.89. The van der Waals surface area contributed by atoms with Crippen LogP contribution in [0.25, 0.3) is 0 Å². The van der Waals surface area contributed by atoms with Gasteiger partial charge in [0.05, 0.1) is 9.77 Å². The molecule has 3 N–H and O–H groups in total. The standard InChI is InChI=1S/C21H25N3O4S2/c1-2-12-22-30(27,28)17-10-7-9-16(13-17)20(25)23-24-21(26)19-14-15-8-5-3-4-6-11-18(15)29-19/h2,7,9-10,13-14,22H,1,3-6,8,11-12H2,(H,23,25)(H,24,26). The molecule has 1 heterocycles. The van der Waals surface area contributed by atoms with Gasteiger partial charge in [-0.25, -0.2) is 13.1 Å². The molecule has 0 saturated carbocycles. The lowest BCUT2D eigenvalue weighted by atomic mass is 10.00. The van der Waals surface area contributed by atoms with Crippen LogP contribution in [0.1, 0.15) is 56.2 Å². The highest BCUT2D eigenvalue weighted by Crippen LogP contribution is 2.28. The lowest BCUT2D eigenvalue weighted by Crippen LogP contribution is -2.41. The molecule has 30 heavy (non-hydrogen) atoms. The van der Waals surface area contributed by atoms with Gasteiger partial charge in [-0.3, -0.25) is 20.4 Å². The van der Waals surface area contributed by atoms with Crippen LogP contribution in [0.5, 0.6) is 0 Å². The first kappa shape index (κ1) is 22.2. The van der Waals surface area contributed by atoms with Crippen LogP contribution < -0.4 is 15.6 Å². The Morgan fingerprint density at radius 3 is 2.53 bits per heavy atom. The summed E-state index contributed by atoms with van der Waals surface area (Å²) < 4.78 is 26.8. The van der Waals surface area contributed by atoms with Crippen molar-refractivity contribution < 1.29 is 18.0 Å². The fourth-order valence-electron chi connectivity index (χ4n) is 3.26. The lowest BCUT2D eigenvalue weighted by molar-refractivity contribution is 0.0848. The van der Waals surface area contributed by atoms with Crippen molar-refractivity contribution in [2.75, 3.05) is 6.54 Å². The molecule has 160 valence electrons. The third-order valence-corrected chi connectivity index (χ3v) is 7.49.